The van der Waals surface area contributed by atoms with Crippen LogP contribution in [0.4, 0.5) is 0 Å². The molecule has 1 atom stereocenters. The summed E-state index contributed by atoms with van der Waals surface area (Å²) in [7, 11) is -3.49. The molecule has 0 bridgehead atoms. The normalized spacial score (nSPS) is 15.5. The highest BCUT2D eigenvalue weighted by molar-refractivity contribution is 7.89. The molecule has 7 nitrogen and oxygen atoms in total. The van der Waals surface area contributed by atoms with Crippen LogP contribution in [-0.2, 0) is 27.8 Å². The number of carbonyl (C=O) groups excluding carboxylic acids is 1. The topological polar surface area (TPSA) is 84.3 Å². The summed E-state index contributed by atoms with van der Waals surface area (Å²) in [6, 6.07) is 15.5. The van der Waals surface area contributed by atoms with Crippen molar-refractivity contribution in [2.75, 3.05) is 19.6 Å². The van der Waals surface area contributed by atoms with E-state index in [4.69, 9.17) is 4.98 Å². The van der Waals surface area contributed by atoms with E-state index in [1.54, 1.807) is 16.4 Å². The van der Waals surface area contributed by atoms with E-state index in [9.17, 15) is 13.2 Å². The minimum Gasteiger partial charge on any atom is -0.355 e. The Morgan fingerprint density at radius 1 is 1.09 bits per heavy atom. The molecule has 1 aromatic heterocycles. The van der Waals surface area contributed by atoms with Gasteiger partial charge in [-0.2, -0.15) is 4.31 Å². The third-order valence-corrected chi connectivity index (χ3v) is 8.73. The van der Waals surface area contributed by atoms with Gasteiger partial charge in [0.2, 0.25) is 15.9 Å². The van der Waals surface area contributed by atoms with Gasteiger partial charge in [0.1, 0.15) is 5.82 Å². The van der Waals surface area contributed by atoms with Gasteiger partial charge in [-0.15, -0.1) is 0 Å². The Labute approximate surface area is 208 Å². The largest absolute Gasteiger partial charge is 0.355 e. The van der Waals surface area contributed by atoms with E-state index < -0.39 is 10.0 Å². The van der Waals surface area contributed by atoms with Crippen molar-refractivity contribution in [1.82, 2.24) is 19.2 Å². The number of fused-ring (bicyclic) bond motifs is 1. The summed E-state index contributed by atoms with van der Waals surface area (Å²) >= 11 is 0. The fraction of sp³-hybridized carbons (Fsp3) is 0.481. The maximum atomic E-state index is 13.0. The van der Waals surface area contributed by atoms with Crippen LogP contribution < -0.4 is 5.32 Å². The highest BCUT2D eigenvalue weighted by atomic mass is 32.2. The average Bonchev–Trinajstić information content (AvgIpc) is 3.53. The van der Waals surface area contributed by atoms with Gasteiger partial charge in [0, 0.05) is 44.9 Å². The van der Waals surface area contributed by atoms with E-state index in [1.807, 2.05) is 24.3 Å². The summed E-state index contributed by atoms with van der Waals surface area (Å²) in [5.74, 6) is 1.12. The number of aryl methyl sites for hydroxylation is 2. The Balaban J connectivity index is 1.46. The first-order valence-electron chi connectivity index (χ1n) is 12.7. The molecule has 2 aromatic carbocycles. The Kier molecular flexibility index (Phi) is 8.23. The molecule has 1 N–H and O–H groups in total. The summed E-state index contributed by atoms with van der Waals surface area (Å²) in [6.07, 6.45) is 4.55. The zero-order valence-corrected chi connectivity index (χ0v) is 21.6. The van der Waals surface area contributed by atoms with Crippen molar-refractivity contribution in [3.8, 4) is 0 Å². The predicted molar refractivity (Wildman–Crippen MR) is 139 cm³/mol. The van der Waals surface area contributed by atoms with Gasteiger partial charge in [0.25, 0.3) is 0 Å². The van der Waals surface area contributed by atoms with Gasteiger partial charge in [-0.05, 0) is 49.4 Å². The van der Waals surface area contributed by atoms with E-state index in [-0.39, 0.29) is 5.91 Å². The molecule has 188 valence electrons. The van der Waals surface area contributed by atoms with E-state index in [2.05, 4.69) is 35.9 Å². The van der Waals surface area contributed by atoms with Crippen molar-refractivity contribution in [3.05, 3.63) is 59.9 Å². The Morgan fingerprint density at radius 2 is 1.83 bits per heavy atom. The van der Waals surface area contributed by atoms with Gasteiger partial charge in [-0.25, -0.2) is 13.4 Å². The van der Waals surface area contributed by atoms with Gasteiger partial charge in [-0.1, -0.05) is 44.2 Å². The van der Waals surface area contributed by atoms with E-state index >= 15 is 0 Å². The fourth-order valence-electron chi connectivity index (χ4n) is 4.84. The SMILES string of the molecule is CCCn1c(CCC(=O)NCC(CC)c2ccccc2)nc2cc(S(=O)(=O)N3CCCC3)ccc21. The van der Waals surface area contributed by atoms with E-state index in [0.29, 0.717) is 48.8 Å². The Hall–Kier alpha value is -2.71. The molecule has 1 fully saturated rings. The van der Waals surface area contributed by atoms with Gasteiger partial charge >= 0.3 is 0 Å². The summed E-state index contributed by atoms with van der Waals surface area (Å²) < 4.78 is 29.7. The number of benzene rings is 2. The lowest BCUT2D eigenvalue weighted by Crippen LogP contribution is -2.28. The first-order valence-corrected chi connectivity index (χ1v) is 14.2. The molecule has 1 aliphatic rings. The molecule has 0 saturated carbocycles. The number of nitrogens with one attached hydrogen (secondary N) is 1. The fourth-order valence-corrected chi connectivity index (χ4v) is 6.37. The third-order valence-electron chi connectivity index (χ3n) is 6.83. The molecule has 0 aliphatic carbocycles. The van der Waals surface area contributed by atoms with Gasteiger partial charge < -0.3 is 9.88 Å². The van der Waals surface area contributed by atoms with Crippen LogP contribution in [0.3, 0.4) is 0 Å². The average molecular weight is 497 g/mol. The molecule has 2 heterocycles. The molecule has 8 heteroatoms. The van der Waals surface area contributed by atoms with Crippen molar-refractivity contribution in [2.24, 2.45) is 0 Å². The number of hydrogen-bond acceptors (Lipinski definition) is 4. The van der Waals surface area contributed by atoms with Crippen molar-refractivity contribution in [1.29, 1.82) is 0 Å². The van der Waals surface area contributed by atoms with Crippen molar-refractivity contribution >= 4 is 27.0 Å². The molecule has 4 rings (SSSR count). The van der Waals surface area contributed by atoms with Gasteiger partial charge in [-0.3, -0.25) is 4.79 Å². The number of hydrogen-bond donors (Lipinski definition) is 1. The number of carbonyl (C=O) groups is 1. The lowest BCUT2D eigenvalue weighted by atomic mass is 9.96. The van der Waals surface area contributed by atoms with E-state index in [1.165, 1.54) is 5.56 Å². The molecule has 1 amide bonds. The van der Waals surface area contributed by atoms with E-state index in [0.717, 1.165) is 43.6 Å². The second kappa shape index (κ2) is 11.4. The molecular weight excluding hydrogens is 460 g/mol. The molecule has 35 heavy (non-hydrogen) atoms. The number of sulfonamides is 1. The number of rotatable bonds is 11. The highest BCUT2D eigenvalue weighted by Gasteiger charge is 2.28. The Bertz CT molecular complexity index is 1250. The maximum absolute atomic E-state index is 13.0. The monoisotopic (exact) mass is 496 g/mol. The molecule has 1 saturated heterocycles. The van der Waals surface area contributed by atoms with Crippen LogP contribution >= 0.6 is 0 Å². The van der Waals surface area contributed by atoms with Crippen LogP contribution in [0.2, 0.25) is 0 Å². The molecule has 1 unspecified atom stereocenters. The molecular formula is C27H36N4O3S. The lowest BCUT2D eigenvalue weighted by Gasteiger charge is -2.16. The van der Waals surface area contributed by atoms with Gasteiger partial charge in [0.05, 0.1) is 15.9 Å². The summed E-state index contributed by atoms with van der Waals surface area (Å²) in [5, 5.41) is 3.09. The number of nitrogens with zero attached hydrogens (tertiary/aromatic N) is 3. The third kappa shape index (κ3) is 5.76. The summed E-state index contributed by atoms with van der Waals surface area (Å²) in [5.41, 5.74) is 2.82. The van der Waals surface area contributed by atoms with Crippen molar-refractivity contribution < 1.29 is 13.2 Å². The maximum Gasteiger partial charge on any atom is 0.243 e. The lowest BCUT2D eigenvalue weighted by molar-refractivity contribution is -0.121. The quantitative estimate of drug-likeness (QED) is 0.424. The van der Waals surface area contributed by atoms with Crippen LogP contribution in [0.25, 0.3) is 11.0 Å². The zero-order valence-electron chi connectivity index (χ0n) is 20.7. The number of amides is 1. The molecule has 0 radical (unpaired) electrons. The minimum atomic E-state index is -3.49. The summed E-state index contributed by atoms with van der Waals surface area (Å²) in [6.45, 7) is 6.78. The van der Waals surface area contributed by atoms with Crippen molar-refractivity contribution in [2.45, 2.75) is 69.7 Å². The first-order chi connectivity index (χ1) is 16.9. The van der Waals surface area contributed by atoms with Crippen LogP contribution in [0, 0.1) is 0 Å². The predicted octanol–water partition coefficient (Wildman–Crippen LogP) is 4.47. The standard InChI is InChI=1S/C27H36N4O3S/c1-3-16-31-25-13-12-23(35(33,34)30-17-8-9-18-30)19-24(25)29-26(31)14-15-27(32)28-20-21(4-2)22-10-6-5-7-11-22/h5-7,10-13,19,21H,3-4,8-9,14-18,20H2,1-2H3,(H,28,32). The van der Waals surface area contributed by atoms with Crippen LogP contribution in [0.5, 0.6) is 0 Å². The second-order valence-electron chi connectivity index (χ2n) is 9.26. The number of imidazole rings is 1. The van der Waals surface area contributed by atoms with Gasteiger partial charge in [0.15, 0.2) is 0 Å². The highest BCUT2D eigenvalue weighted by Crippen LogP contribution is 2.26. The van der Waals surface area contributed by atoms with Crippen LogP contribution in [0.15, 0.2) is 53.4 Å². The molecule has 1 aliphatic heterocycles. The van der Waals surface area contributed by atoms with Crippen molar-refractivity contribution in [3.63, 3.8) is 0 Å². The molecule has 0 spiro atoms. The smallest absolute Gasteiger partial charge is 0.243 e. The minimum absolute atomic E-state index is 0.00628. The molecule has 3 aromatic rings. The first kappa shape index (κ1) is 25.4. The zero-order chi connectivity index (χ0) is 24.8. The summed E-state index contributed by atoms with van der Waals surface area (Å²) in [4.78, 5) is 17.7. The van der Waals surface area contributed by atoms with Crippen LogP contribution in [-0.4, -0.2) is 47.8 Å². The van der Waals surface area contributed by atoms with Crippen LogP contribution in [0.1, 0.15) is 63.3 Å². The Morgan fingerprint density at radius 3 is 2.51 bits per heavy atom. The second-order valence-corrected chi connectivity index (χ2v) is 11.2. The number of aromatic nitrogens is 2.